The highest BCUT2D eigenvalue weighted by Crippen LogP contribution is 2.39. The highest BCUT2D eigenvalue weighted by molar-refractivity contribution is 5.84. The number of nitrogens with one attached hydrogen (secondary N) is 2. The number of aliphatic hydroxyl groups excluding tert-OH is 1. The predicted octanol–water partition coefficient (Wildman–Crippen LogP) is 2.34. The van der Waals surface area contributed by atoms with E-state index in [-0.39, 0.29) is 30.4 Å². The highest BCUT2D eigenvalue weighted by Gasteiger charge is 2.52. The van der Waals surface area contributed by atoms with Gasteiger partial charge in [-0.1, -0.05) is 0 Å². The molecular formula is C19H24FN3O3. The molecule has 0 unspecified atom stereocenters. The molecule has 6 nitrogen and oxygen atoms in total. The molecule has 0 radical (unpaired) electrons. The molecule has 2 aromatic rings. The Morgan fingerprint density at radius 2 is 2.15 bits per heavy atom. The van der Waals surface area contributed by atoms with Gasteiger partial charge in [0.2, 0.25) is 0 Å². The molecule has 2 aliphatic rings. The molecule has 4 rings (SSSR count). The molecule has 1 amide bonds. The first-order valence-corrected chi connectivity index (χ1v) is 8.92. The third-order valence-corrected chi connectivity index (χ3v) is 5.22. The number of hydrogen-bond donors (Lipinski definition) is 3. The van der Waals surface area contributed by atoms with Gasteiger partial charge in [-0.2, -0.15) is 0 Å². The van der Waals surface area contributed by atoms with Crippen molar-refractivity contribution in [1.82, 2.24) is 15.2 Å². The maximum atomic E-state index is 13.5. The van der Waals surface area contributed by atoms with Gasteiger partial charge >= 0.3 is 6.09 Å². The Kier molecular flexibility index (Phi) is 3.96. The van der Waals surface area contributed by atoms with E-state index in [1.54, 1.807) is 11.0 Å². The summed E-state index contributed by atoms with van der Waals surface area (Å²) in [6.45, 7) is 6.36. The molecule has 0 aliphatic carbocycles. The van der Waals surface area contributed by atoms with Gasteiger partial charge in [-0.05, 0) is 44.5 Å². The van der Waals surface area contributed by atoms with Crippen molar-refractivity contribution in [3.63, 3.8) is 0 Å². The van der Waals surface area contributed by atoms with E-state index in [2.05, 4.69) is 10.3 Å². The van der Waals surface area contributed by atoms with Crippen LogP contribution in [-0.4, -0.2) is 58.0 Å². The zero-order valence-corrected chi connectivity index (χ0v) is 15.1. The fourth-order valence-corrected chi connectivity index (χ4v) is 4.20. The number of likely N-dealkylation sites (tertiary alicyclic amines) is 1. The second kappa shape index (κ2) is 5.96. The molecular weight excluding hydrogens is 337 g/mol. The van der Waals surface area contributed by atoms with Crippen LogP contribution >= 0.6 is 0 Å². The van der Waals surface area contributed by atoms with E-state index in [1.807, 2.05) is 27.0 Å². The van der Waals surface area contributed by atoms with Gasteiger partial charge in [0.05, 0.1) is 24.7 Å². The first-order chi connectivity index (χ1) is 12.2. The van der Waals surface area contributed by atoms with Crippen molar-refractivity contribution < 1.29 is 19.0 Å². The van der Waals surface area contributed by atoms with Crippen LogP contribution in [0.3, 0.4) is 0 Å². The number of amides is 1. The number of H-pyrrole nitrogens is 1. The van der Waals surface area contributed by atoms with E-state index in [1.165, 1.54) is 12.1 Å². The molecule has 140 valence electrons. The predicted molar refractivity (Wildman–Crippen MR) is 95.5 cm³/mol. The molecule has 4 atom stereocenters. The van der Waals surface area contributed by atoms with Gasteiger partial charge in [0.15, 0.2) is 0 Å². The number of halogens is 1. The van der Waals surface area contributed by atoms with Crippen LogP contribution in [0.5, 0.6) is 0 Å². The number of benzene rings is 1. The van der Waals surface area contributed by atoms with Crippen LogP contribution in [0.1, 0.15) is 32.3 Å². The minimum absolute atomic E-state index is 0.0103. The lowest BCUT2D eigenvalue weighted by molar-refractivity contribution is 0.0197. The Morgan fingerprint density at radius 1 is 1.38 bits per heavy atom. The van der Waals surface area contributed by atoms with Gasteiger partial charge in [-0.25, -0.2) is 9.18 Å². The van der Waals surface area contributed by atoms with Crippen LogP contribution in [0.15, 0.2) is 24.4 Å². The van der Waals surface area contributed by atoms with Crippen molar-refractivity contribution >= 4 is 17.0 Å². The summed E-state index contributed by atoms with van der Waals surface area (Å²) < 4.78 is 19.0. The summed E-state index contributed by atoms with van der Waals surface area (Å²) in [7, 11) is 0. The van der Waals surface area contributed by atoms with E-state index in [4.69, 9.17) is 4.74 Å². The average molecular weight is 361 g/mol. The number of aromatic nitrogens is 1. The van der Waals surface area contributed by atoms with Crippen molar-refractivity contribution in [2.45, 2.75) is 50.5 Å². The number of carbonyl (C=O) groups is 1. The number of aliphatic hydroxyl groups is 1. The van der Waals surface area contributed by atoms with Crippen molar-refractivity contribution in [1.29, 1.82) is 0 Å². The molecule has 0 bridgehead atoms. The van der Waals surface area contributed by atoms with Gasteiger partial charge < -0.3 is 25.0 Å². The third-order valence-electron chi connectivity index (χ3n) is 5.22. The van der Waals surface area contributed by atoms with E-state index in [0.29, 0.717) is 6.54 Å². The maximum Gasteiger partial charge on any atom is 0.410 e. The van der Waals surface area contributed by atoms with Crippen LogP contribution < -0.4 is 5.32 Å². The molecule has 26 heavy (non-hydrogen) atoms. The SMILES string of the molecule is CC(C)(C)OC(=O)N1C[C@@H](O)[C@H]2NC[C@H](c3c[nH]c4cc(F)ccc34)[C@H]21. The monoisotopic (exact) mass is 361 g/mol. The molecule has 2 aliphatic heterocycles. The molecule has 3 N–H and O–H groups in total. The summed E-state index contributed by atoms with van der Waals surface area (Å²) in [5, 5.41) is 14.7. The number of nitrogens with zero attached hydrogens (tertiary/aromatic N) is 1. The Morgan fingerprint density at radius 3 is 2.88 bits per heavy atom. The number of ether oxygens (including phenoxy) is 1. The fraction of sp³-hybridized carbons (Fsp3) is 0.526. The van der Waals surface area contributed by atoms with E-state index >= 15 is 0 Å². The number of rotatable bonds is 1. The van der Waals surface area contributed by atoms with Crippen molar-refractivity contribution in [2.24, 2.45) is 0 Å². The summed E-state index contributed by atoms with van der Waals surface area (Å²) >= 11 is 0. The van der Waals surface area contributed by atoms with Gasteiger partial charge in [0, 0.05) is 29.6 Å². The van der Waals surface area contributed by atoms with Crippen LogP contribution in [0.2, 0.25) is 0 Å². The Balaban J connectivity index is 1.68. The molecule has 2 fully saturated rings. The number of aromatic amines is 1. The van der Waals surface area contributed by atoms with E-state index < -0.39 is 17.8 Å². The quantitative estimate of drug-likeness (QED) is 0.729. The lowest BCUT2D eigenvalue weighted by atomic mass is 9.91. The first kappa shape index (κ1) is 17.3. The minimum atomic E-state index is -0.639. The molecule has 0 saturated carbocycles. The molecule has 3 heterocycles. The molecule has 0 spiro atoms. The van der Waals surface area contributed by atoms with Gasteiger partial charge in [-0.3, -0.25) is 0 Å². The van der Waals surface area contributed by atoms with Crippen LogP contribution in [0.25, 0.3) is 10.9 Å². The van der Waals surface area contributed by atoms with Crippen molar-refractivity contribution in [3.05, 3.63) is 35.8 Å². The summed E-state index contributed by atoms with van der Waals surface area (Å²) in [4.78, 5) is 17.4. The number of fused-ring (bicyclic) bond motifs is 2. The second-order valence-corrected chi connectivity index (χ2v) is 8.17. The van der Waals surface area contributed by atoms with Crippen LogP contribution in [0.4, 0.5) is 9.18 Å². The van der Waals surface area contributed by atoms with Gasteiger partial charge in [0.1, 0.15) is 11.4 Å². The normalized spacial score (nSPS) is 28.6. The minimum Gasteiger partial charge on any atom is -0.444 e. The lowest BCUT2D eigenvalue weighted by Gasteiger charge is -2.30. The molecule has 2 saturated heterocycles. The van der Waals surface area contributed by atoms with E-state index in [0.717, 1.165) is 16.5 Å². The summed E-state index contributed by atoms with van der Waals surface area (Å²) in [5.41, 5.74) is 1.15. The zero-order chi connectivity index (χ0) is 18.6. The molecule has 1 aromatic carbocycles. The summed E-state index contributed by atoms with van der Waals surface area (Å²) in [6, 6.07) is 4.26. The number of β-amino-alcohol motifs (C(OH)–C–C–N with tert-alkyl or cyclic N) is 1. The molecule has 1 aromatic heterocycles. The Labute approximate surface area is 151 Å². The molecule has 7 heteroatoms. The number of hydrogen-bond acceptors (Lipinski definition) is 4. The Hall–Kier alpha value is -2.12. The smallest absolute Gasteiger partial charge is 0.410 e. The average Bonchev–Trinajstić information content (AvgIpc) is 3.20. The van der Waals surface area contributed by atoms with Gasteiger partial charge in [-0.15, -0.1) is 0 Å². The third kappa shape index (κ3) is 2.85. The highest BCUT2D eigenvalue weighted by atomic mass is 19.1. The van der Waals surface area contributed by atoms with Crippen LogP contribution in [0, 0.1) is 5.82 Å². The standard InChI is InChI=1S/C19H24FN3O3/c1-19(2,3)26-18(25)23-9-15(24)16-17(23)13(8-22-16)12-7-21-14-6-10(20)4-5-11(12)14/h4-7,13,15-17,21-22,24H,8-9H2,1-3H3/t13-,15-,16-,17-/m1/s1. The Bertz CT molecular complexity index is 844. The zero-order valence-electron chi connectivity index (χ0n) is 15.1. The van der Waals surface area contributed by atoms with Gasteiger partial charge in [0.25, 0.3) is 0 Å². The maximum absolute atomic E-state index is 13.5. The lowest BCUT2D eigenvalue weighted by Crippen LogP contribution is -2.44. The second-order valence-electron chi connectivity index (χ2n) is 8.17. The van der Waals surface area contributed by atoms with E-state index in [9.17, 15) is 14.3 Å². The van der Waals surface area contributed by atoms with Crippen molar-refractivity contribution in [2.75, 3.05) is 13.1 Å². The fourth-order valence-electron chi connectivity index (χ4n) is 4.20. The van der Waals surface area contributed by atoms with Crippen LogP contribution in [-0.2, 0) is 4.74 Å². The largest absolute Gasteiger partial charge is 0.444 e. The summed E-state index contributed by atoms with van der Waals surface area (Å²) in [6.07, 6.45) is 0.820. The first-order valence-electron chi connectivity index (χ1n) is 8.92. The van der Waals surface area contributed by atoms with Crippen molar-refractivity contribution in [3.8, 4) is 0 Å². The number of carbonyl (C=O) groups excluding carboxylic acids is 1. The summed E-state index contributed by atoms with van der Waals surface area (Å²) in [5.74, 6) is -0.302. The topological polar surface area (TPSA) is 77.6 Å².